The normalized spacial score (nSPS) is 11.8. The van der Waals surface area contributed by atoms with Crippen molar-refractivity contribution in [3.63, 3.8) is 0 Å². The van der Waals surface area contributed by atoms with E-state index in [-0.39, 0.29) is 24.6 Å². The molecule has 0 atom stereocenters. The van der Waals surface area contributed by atoms with E-state index in [1.165, 1.54) is 159 Å². The summed E-state index contributed by atoms with van der Waals surface area (Å²) in [6.07, 6.45) is 37.2. The van der Waals surface area contributed by atoms with Crippen LogP contribution in [0.25, 0.3) is 10.1 Å². The highest BCUT2D eigenvalue weighted by Crippen LogP contribution is 2.35. The van der Waals surface area contributed by atoms with Gasteiger partial charge in [-0.15, -0.1) is 11.3 Å². The van der Waals surface area contributed by atoms with E-state index >= 15 is 0 Å². The first-order valence-electron chi connectivity index (χ1n) is 31.3. The Morgan fingerprint density at radius 2 is 0.779 bits per heavy atom. The summed E-state index contributed by atoms with van der Waals surface area (Å²) in [5.74, 6) is 0.399. The maximum atomic E-state index is 13.0. The number of hydrogen-bond donors (Lipinski definition) is 0. The summed E-state index contributed by atoms with van der Waals surface area (Å²) in [5.41, 5.74) is 0. The number of nitrogens with zero attached hydrogens (tertiary/aromatic N) is 2. The molecule has 0 amide bonds. The summed E-state index contributed by atoms with van der Waals surface area (Å²) in [5, 5.41) is 0.961. The van der Waals surface area contributed by atoms with E-state index < -0.39 is 0 Å². The molecule has 0 N–H and O–H groups in total. The molecule has 0 saturated heterocycles. The third kappa shape index (κ3) is 41.9. The maximum Gasteiger partial charge on any atom is 0.306 e. The fraction of sp³-hybridized carbons (Fsp3) is 0.841. The number of unbranched alkanes of at least 4 members (excludes halogenated alkanes) is 23. The topological polar surface area (TPSA) is 114 Å². The molecule has 2 rings (SSSR count). The van der Waals surface area contributed by atoms with Gasteiger partial charge in [-0.1, -0.05) is 143 Å². The molecule has 0 spiro atoms. The number of ketones is 1. The lowest BCUT2D eigenvalue weighted by molar-refractivity contribution is -0.143. The Hall–Kier alpha value is -1.72. The van der Waals surface area contributed by atoms with Crippen molar-refractivity contribution >= 4 is 49.1 Å². The van der Waals surface area contributed by atoms with Crippen LogP contribution in [0.3, 0.4) is 0 Å². The van der Waals surface area contributed by atoms with E-state index in [9.17, 15) is 9.59 Å². The summed E-state index contributed by atoms with van der Waals surface area (Å²) >= 11 is 4.97. The first-order valence-corrected chi connectivity index (χ1v) is 32.9. The lowest BCUT2D eigenvalue weighted by Crippen LogP contribution is -2.32. The Kier molecular flexibility index (Phi) is 49.7. The summed E-state index contributed by atoms with van der Waals surface area (Å²) in [4.78, 5) is 31.7. The minimum atomic E-state index is -0.297. The van der Waals surface area contributed by atoms with E-state index in [2.05, 4.69) is 46.5 Å². The zero-order valence-electron chi connectivity index (χ0n) is 49.6. The second kappa shape index (κ2) is 53.6. The van der Waals surface area contributed by atoms with E-state index in [1.54, 1.807) is 7.11 Å². The number of rotatable bonds is 60. The van der Waals surface area contributed by atoms with Gasteiger partial charge >= 0.3 is 5.97 Å². The zero-order valence-corrected chi connectivity index (χ0v) is 52.0. The van der Waals surface area contributed by atoms with Gasteiger partial charge in [0, 0.05) is 50.8 Å². The third-order valence-corrected chi connectivity index (χ3v) is 15.9. The molecule has 0 aliphatic carbocycles. The van der Waals surface area contributed by atoms with Crippen molar-refractivity contribution in [2.45, 2.75) is 233 Å². The molecule has 77 heavy (non-hydrogen) atoms. The Labute approximate surface area is 482 Å². The smallest absolute Gasteiger partial charge is 0.306 e. The lowest BCUT2D eigenvalue weighted by Gasteiger charge is -2.26. The van der Waals surface area contributed by atoms with Crippen LogP contribution in [0.4, 0.5) is 0 Å². The molecule has 448 valence electrons. The zero-order chi connectivity index (χ0) is 55.3. The van der Waals surface area contributed by atoms with Crippen LogP contribution in [-0.4, -0.2) is 135 Å². The van der Waals surface area contributed by atoms with Crippen molar-refractivity contribution in [1.29, 1.82) is 0 Å². The lowest BCUT2D eigenvalue weighted by atomic mass is 10.1. The van der Waals surface area contributed by atoms with Gasteiger partial charge in [-0.05, 0) is 156 Å². The van der Waals surface area contributed by atoms with Gasteiger partial charge in [-0.2, -0.15) is 0 Å². The van der Waals surface area contributed by atoms with E-state index in [0.29, 0.717) is 31.9 Å². The highest BCUT2D eigenvalue weighted by Gasteiger charge is 2.16. The van der Waals surface area contributed by atoms with Gasteiger partial charge in [0.05, 0.1) is 29.5 Å². The molecule has 0 radical (unpaired) electrons. The third-order valence-electron chi connectivity index (χ3n) is 14.2. The fourth-order valence-electron chi connectivity index (χ4n) is 9.37. The Morgan fingerprint density at radius 1 is 0.429 bits per heavy atom. The van der Waals surface area contributed by atoms with Gasteiger partial charge in [-0.3, -0.25) is 9.59 Å². The predicted octanol–water partition coefficient (Wildman–Crippen LogP) is 16.9. The van der Waals surface area contributed by atoms with Gasteiger partial charge in [0.1, 0.15) is 26.1 Å². The predicted molar refractivity (Wildman–Crippen MR) is 324 cm³/mol. The maximum absolute atomic E-state index is 13.0. The van der Waals surface area contributed by atoms with Crippen LogP contribution >= 0.6 is 27.3 Å². The number of Topliss-reactive ketones (excluding diaryl/α,β-unsaturated/α-hetero) is 1. The average molecular weight is 1170 g/mol. The van der Waals surface area contributed by atoms with Gasteiger partial charge in [0.2, 0.25) is 0 Å². The van der Waals surface area contributed by atoms with Crippen molar-refractivity contribution in [2.75, 3.05) is 113 Å². The SMILES string of the molecule is CCCCCCOCOCCCCCCCCN(CCCCCCOC(=O)CCC(=O)c1cc2cc(OC)c(Br)cc2s1)CCCN(CCCCCCOCOCCCCCC)CCCCCCOCOCCCCCC. The van der Waals surface area contributed by atoms with Crippen LogP contribution in [0.15, 0.2) is 22.7 Å². The highest BCUT2D eigenvalue weighted by atomic mass is 79.9. The second-order valence-electron chi connectivity index (χ2n) is 21.2. The number of hydrogen-bond acceptors (Lipinski definition) is 13. The number of benzene rings is 1. The van der Waals surface area contributed by atoms with Crippen molar-refractivity contribution in [1.82, 2.24) is 9.80 Å². The van der Waals surface area contributed by atoms with Crippen LogP contribution in [-0.2, 0) is 38.0 Å². The van der Waals surface area contributed by atoms with Crippen LogP contribution < -0.4 is 4.74 Å². The Balaban J connectivity index is 1.78. The molecule has 2 aromatic rings. The molecule has 0 bridgehead atoms. The van der Waals surface area contributed by atoms with Crippen molar-refractivity contribution in [3.05, 3.63) is 27.5 Å². The first-order chi connectivity index (χ1) is 37.9. The van der Waals surface area contributed by atoms with E-state index in [1.807, 2.05) is 18.2 Å². The summed E-state index contributed by atoms with van der Waals surface area (Å²) in [6.45, 7) is 20.1. The number of thiophene rings is 1. The van der Waals surface area contributed by atoms with E-state index in [0.717, 1.165) is 150 Å². The minimum absolute atomic E-state index is 0.0320. The number of carbonyl (C=O) groups is 2. The molecule has 1 aromatic carbocycles. The van der Waals surface area contributed by atoms with Crippen LogP contribution in [0, 0.1) is 0 Å². The minimum Gasteiger partial charge on any atom is -0.496 e. The summed E-state index contributed by atoms with van der Waals surface area (Å²) < 4.78 is 47.1. The van der Waals surface area contributed by atoms with Gasteiger partial charge in [0.15, 0.2) is 5.78 Å². The molecule has 0 saturated carbocycles. The van der Waals surface area contributed by atoms with Crippen molar-refractivity contribution in [3.8, 4) is 5.75 Å². The van der Waals surface area contributed by atoms with Gasteiger partial charge in [-0.25, -0.2) is 0 Å². The standard InChI is InChI=1S/C63H113BrN2O10S/c1-5-8-11-28-44-70-54-73-47-31-20-15-14-16-24-38-65(41-27-19-23-34-50-76-63(68)37-36-59(67)62-52-57-51-60(69-4)58(64)53-61(57)77-62)42-35-43-66(39-25-17-21-32-48-74-55-71-45-29-12-9-6-2)40-26-18-22-33-49-75-56-72-46-30-13-10-7-3/h51-53H,5-50,54-56H2,1-4H3. The molecule has 1 aromatic heterocycles. The molecule has 0 fully saturated rings. The monoisotopic (exact) mass is 1170 g/mol. The highest BCUT2D eigenvalue weighted by molar-refractivity contribution is 9.10. The molecule has 14 heteroatoms. The molecule has 0 aliphatic rings. The first kappa shape index (κ1) is 71.4. The Morgan fingerprint density at radius 3 is 1.17 bits per heavy atom. The quantitative estimate of drug-likeness (QED) is 0.0272. The number of esters is 1. The summed E-state index contributed by atoms with van der Waals surface area (Å²) in [6, 6.07) is 5.78. The number of halogens is 1. The van der Waals surface area contributed by atoms with Crippen LogP contribution in [0.5, 0.6) is 5.75 Å². The van der Waals surface area contributed by atoms with Crippen LogP contribution in [0.1, 0.15) is 242 Å². The number of carbonyl (C=O) groups excluding carboxylic acids is 2. The Bertz CT molecular complexity index is 1610. The largest absolute Gasteiger partial charge is 0.496 e. The molecule has 12 nitrogen and oxygen atoms in total. The second-order valence-corrected chi connectivity index (χ2v) is 23.1. The van der Waals surface area contributed by atoms with Gasteiger partial charge in [0.25, 0.3) is 0 Å². The van der Waals surface area contributed by atoms with Crippen LogP contribution in [0.2, 0.25) is 0 Å². The number of methoxy groups -OCH3 is 1. The molecular weight excluding hydrogens is 1060 g/mol. The van der Waals surface area contributed by atoms with E-state index in [4.69, 9.17) is 37.9 Å². The molecular formula is C63H113BrN2O10S. The number of fused-ring (bicyclic) bond motifs is 1. The molecule has 0 unspecified atom stereocenters. The van der Waals surface area contributed by atoms with Crippen molar-refractivity contribution < 1.29 is 47.5 Å². The molecule has 0 aliphatic heterocycles. The average Bonchev–Trinajstić information content (AvgIpc) is 3.85. The van der Waals surface area contributed by atoms with Gasteiger partial charge < -0.3 is 47.7 Å². The van der Waals surface area contributed by atoms with Crippen molar-refractivity contribution in [2.24, 2.45) is 0 Å². The summed E-state index contributed by atoms with van der Waals surface area (Å²) in [7, 11) is 1.63. The number of ether oxygens (including phenoxy) is 8. The molecule has 1 heterocycles. The fourth-order valence-corrected chi connectivity index (χ4v) is 11.1.